The third-order valence-corrected chi connectivity index (χ3v) is 6.52. The van der Waals surface area contributed by atoms with Crippen molar-refractivity contribution in [1.82, 2.24) is 9.71 Å². The lowest BCUT2D eigenvalue weighted by Crippen LogP contribution is -2.26. The van der Waals surface area contributed by atoms with Crippen molar-refractivity contribution in [1.29, 1.82) is 0 Å². The van der Waals surface area contributed by atoms with Gasteiger partial charge in [-0.05, 0) is 55.7 Å². The molecule has 0 aliphatic carbocycles. The van der Waals surface area contributed by atoms with Gasteiger partial charge in [0.05, 0.1) is 14.2 Å². The van der Waals surface area contributed by atoms with E-state index in [4.69, 9.17) is 21.1 Å². The van der Waals surface area contributed by atoms with Crippen molar-refractivity contribution in [2.24, 2.45) is 0 Å². The molecule has 0 bridgehead atoms. The van der Waals surface area contributed by atoms with Gasteiger partial charge < -0.3 is 19.2 Å². The number of sulfonamides is 1. The molecule has 0 atom stereocenters. The molecule has 2 N–H and O–H groups in total. The van der Waals surface area contributed by atoms with Gasteiger partial charge in [0, 0.05) is 40.8 Å². The molecule has 7 nitrogen and oxygen atoms in total. The summed E-state index contributed by atoms with van der Waals surface area (Å²) in [5.41, 5.74) is -0.847. The van der Waals surface area contributed by atoms with E-state index >= 15 is 0 Å². The van der Waals surface area contributed by atoms with Crippen LogP contribution in [-0.2, 0) is 16.4 Å². The fourth-order valence-electron chi connectivity index (χ4n) is 3.50. The zero-order valence-electron chi connectivity index (χ0n) is 17.9. The number of methoxy groups -OCH3 is 2. The zero-order chi connectivity index (χ0) is 23.7. The number of aryl methyl sites for hydroxylation is 2. The van der Waals surface area contributed by atoms with Crippen LogP contribution < -0.4 is 18.9 Å². The van der Waals surface area contributed by atoms with E-state index in [1.165, 1.54) is 32.4 Å². The number of benzene rings is 2. The van der Waals surface area contributed by atoms with E-state index in [0.29, 0.717) is 23.1 Å². The maximum Gasteiger partial charge on any atom is 0.487 e. The van der Waals surface area contributed by atoms with Gasteiger partial charge in [0.25, 0.3) is 0 Å². The summed E-state index contributed by atoms with van der Waals surface area (Å²) in [5.74, 6) is 0.514. The maximum absolute atomic E-state index is 13.0. The molecule has 0 fully saturated rings. The summed E-state index contributed by atoms with van der Waals surface area (Å²) < 4.78 is 69.2. The minimum Gasteiger partial charge on any atom is -0.496 e. The normalized spacial score (nSPS) is 12.2. The smallest absolute Gasteiger partial charge is 0.487 e. The van der Waals surface area contributed by atoms with Crippen LogP contribution in [0.15, 0.2) is 35.2 Å². The highest BCUT2D eigenvalue weighted by molar-refractivity contribution is 7.89. The first kappa shape index (κ1) is 24.1. The monoisotopic (exact) mass is 488 g/mol. The minimum atomic E-state index is -3.91. The number of hydrogen-bond acceptors (Lipinski definition) is 5. The number of H-pyrrole nitrogens is 1. The van der Waals surface area contributed by atoms with Gasteiger partial charge in [-0.15, -0.1) is 8.78 Å². The maximum atomic E-state index is 13.0. The number of halogens is 3. The Bertz CT molecular complexity index is 1240. The highest BCUT2D eigenvalue weighted by Crippen LogP contribution is 2.32. The molecule has 1 heterocycles. The number of aromatic nitrogens is 1. The lowest BCUT2D eigenvalue weighted by Gasteiger charge is -2.14. The van der Waals surface area contributed by atoms with Crippen LogP contribution in [0.25, 0.3) is 10.9 Å². The molecular formula is C21H23ClF2N2O5S. The van der Waals surface area contributed by atoms with Crippen LogP contribution in [0.5, 0.6) is 17.2 Å². The summed E-state index contributed by atoms with van der Waals surface area (Å²) in [6.45, 7) is 3.66. The molecule has 32 heavy (non-hydrogen) atoms. The van der Waals surface area contributed by atoms with Gasteiger partial charge >= 0.3 is 5.57 Å². The first-order valence-corrected chi connectivity index (χ1v) is 11.4. The quantitative estimate of drug-likeness (QED) is 0.433. The first-order chi connectivity index (χ1) is 14.9. The van der Waals surface area contributed by atoms with Crippen molar-refractivity contribution in [3.8, 4) is 17.2 Å². The molecule has 3 rings (SSSR count). The standard InChI is InChI=1S/C21H23ClF2N2O5S/c1-12-9-19(30-4)20(11-18(12)29-3)32(27,28)25-8-7-15-13(2)26-17-6-5-14(10-16(15)17)31-21(22,23)24/h5-6,9-11,25-26H,7-8H2,1-4H3. The SMILES string of the molecule is COc1cc(S(=O)(=O)NCCc2c(C)[nH]c3ccc(OC(F)(F)Cl)cc23)c(OC)cc1C. The lowest BCUT2D eigenvalue weighted by atomic mass is 10.1. The van der Waals surface area contributed by atoms with E-state index in [9.17, 15) is 17.2 Å². The Morgan fingerprint density at radius 3 is 2.41 bits per heavy atom. The summed E-state index contributed by atoms with van der Waals surface area (Å²) in [6.07, 6.45) is 0.303. The van der Waals surface area contributed by atoms with Crippen molar-refractivity contribution >= 4 is 32.5 Å². The van der Waals surface area contributed by atoms with Crippen LogP contribution in [0.3, 0.4) is 0 Å². The molecular weight excluding hydrogens is 466 g/mol. The fourth-order valence-corrected chi connectivity index (χ4v) is 4.79. The highest BCUT2D eigenvalue weighted by Gasteiger charge is 2.28. The Labute approximate surface area is 189 Å². The molecule has 0 amide bonds. The van der Waals surface area contributed by atoms with Gasteiger partial charge in [-0.1, -0.05) is 0 Å². The average Bonchev–Trinajstić information content (AvgIpc) is 3.01. The number of ether oxygens (including phenoxy) is 3. The van der Waals surface area contributed by atoms with Crippen LogP contribution in [0.1, 0.15) is 16.8 Å². The van der Waals surface area contributed by atoms with E-state index in [2.05, 4.69) is 14.4 Å². The molecule has 0 spiro atoms. The van der Waals surface area contributed by atoms with Gasteiger partial charge in [-0.2, -0.15) is 0 Å². The van der Waals surface area contributed by atoms with E-state index < -0.39 is 15.6 Å². The Kier molecular flexibility index (Phi) is 6.87. The van der Waals surface area contributed by atoms with E-state index in [1.54, 1.807) is 19.1 Å². The van der Waals surface area contributed by atoms with Crippen LogP contribution >= 0.6 is 11.6 Å². The number of aromatic amines is 1. The third-order valence-electron chi connectivity index (χ3n) is 4.96. The summed E-state index contributed by atoms with van der Waals surface area (Å²) in [7, 11) is -1.07. The van der Waals surface area contributed by atoms with Gasteiger partial charge in [-0.3, -0.25) is 0 Å². The molecule has 1 aromatic heterocycles. The summed E-state index contributed by atoms with van der Waals surface area (Å²) in [6, 6.07) is 7.40. The van der Waals surface area contributed by atoms with Gasteiger partial charge in [-0.25, -0.2) is 13.1 Å². The van der Waals surface area contributed by atoms with E-state index in [-0.39, 0.29) is 22.9 Å². The van der Waals surface area contributed by atoms with E-state index in [0.717, 1.165) is 16.8 Å². The number of alkyl halides is 3. The number of nitrogens with one attached hydrogen (secondary N) is 2. The van der Waals surface area contributed by atoms with Crippen molar-refractivity contribution in [3.63, 3.8) is 0 Å². The summed E-state index contributed by atoms with van der Waals surface area (Å²) in [5, 5.41) is 0.634. The molecule has 0 saturated heterocycles. The van der Waals surface area contributed by atoms with Crippen LogP contribution in [-0.4, -0.2) is 39.7 Å². The number of fused-ring (bicyclic) bond motifs is 1. The molecule has 11 heteroatoms. The predicted octanol–water partition coefficient (Wildman–Crippen LogP) is 4.49. The molecule has 2 aromatic carbocycles. The van der Waals surface area contributed by atoms with Crippen molar-refractivity contribution in [2.75, 3.05) is 20.8 Å². The predicted molar refractivity (Wildman–Crippen MR) is 118 cm³/mol. The highest BCUT2D eigenvalue weighted by atomic mass is 35.5. The van der Waals surface area contributed by atoms with Crippen molar-refractivity contribution in [2.45, 2.75) is 30.7 Å². The van der Waals surface area contributed by atoms with Crippen molar-refractivity contribution in [3.05, 3.63) is 47.2 Å². The molecule has 0 aliphatic rings. The third kappa shape index (κ3) is 5.25. The Morgan fingerprint density at radius 2 is 1.78 bits per heavy atom. The molecule has 0 saturated carbocycles. The second-order valence-electron chi connectivity index (χ2n) is 7.10. The zero-order valence-corrected chi connectivity index (χ0v) is 19.5. The Balaban J connectivity index is 1.83. The summed E-state index contributed by atoms with van der Waals surface area (Å²) >= 11 is 4.85. The van der Waals surface area contributed by atoms with E-state index in [1.807, 2.05) is 6.92 Å². The number of hydrogen-bond donors (Lipinski definition) is 2. The second kappa shape index (κ2) is 9.13. The molecule has 3 aromatic rings. The van der Waals surface area contributed by atoms with Gasteiger partial charge in [0.15, 0.2) is 0 Å². The van der Waals surface area contributed by atoms with Crippen molar-refractivity contribution < 1.29 is 31.4 Å². The second-order valence-corrected chi connectivity index (χ2v) is 9.28. The fraction of sp³-hybridized carbons (Fsp3) is 0.333. The van der Waals surface area contributed by atoms with Crippen LogP contribution in [0.2, 0.25) is 0 Å². The van der Waals surface area contributed by atoms with Crippen LogP contribution in [0, 0.1) is 13.8 Å². The van der Waals surface area contributed by atoms with Gasteiger partial charge in [0.2, 0.25) is 10.0 Å². The van der Waals surface area contributed by atoms with Crippen LogP contribution in [0.4, 0.5) is 8.78 Å². The number of rotatable bonds is 9. The Morgan fingerprint density at radius 1 is 1.09 bits per heavy atom. The average molecular weight is 489 g/mol. The minimum absolute atomic E-state index is 0.0434. The molecule has 0 unspecified atom stereocenters. The molecule has 174 valence electrons. The largest absolute Gasteiger partial charge is 0.496 e. The topological polar surface area (TPSA) is 89.7 Å². The lowest BCUT2D eigenvalue weighted by molar-refractivity contribution is -0.0964. The summed E-state index contributed by atoms with van der Waals surface area (Å²) in [4.78, 5) is 3.10. The molecule has 0 radical (unpaired) electrons. The van der Waals surface area contributed by atoms with Gasteiger partial charge in [0.1, 0.15) is 22.1 Å². The Hall–Kier alpha value is -2.56. The molecule has 0 aliphatic heterocycles. The first-order valence-electron chi connectivity index (χ1n) is 9.54.